The van der Waals surface area contributed by atoms with Crippen LogP contribution in [-0.4, -0.2) is 24.8 Å². The summed E-state index contributed by atoms with van der Waals surface area (Å²) in [6.07, 6.45) is 0.718. The van der Waals surface area contributed by atoms with Gasteiger partial charge in [-0.05, 0) is 60.5 Å². The topological polar surface area (TPSA) is 87.7 Å². The molecule has 0 aromatic heterocycles. The van der Waals surface area contributed by atoms with E-state index in [0.29, 0.717) is 23.5 Å². The Labute approximate surface area is 198 Å². The summed E-state index contributed by atoms with van der Waals surface area (Å²) in [5.74, 6) is -0.0958. The monoisotopic (exact) mass is 457 g/mol. The molecule has 0 saturated carbocycles. The van der Waals surface area contributed by atoms with E-state index in [4.69, 9.17) is 4.74 Å². The van der Waals surface area contributed by atoms with Crippen LogP contribution in [0.25, 0.3) is 0 Å². The van der Waals surface area contributed by atoms with Crippen LogP contribution in [0.5, 0.6) is 5.75 Å². The first-order valence-corrected chi connectivity index (χ1v) is 11.2. The Hall–Kier alpha value is -4.13. The molecule has 3 aromatic carbocycles. The van der Waals surface area contributed by atoms with Gasteiger partial charge in [0.2, 0.25) is 17.7 Å². The molecule has 1 aliphatic rings. The van der Waals surface area contributed by atoms with Gasteiger partial charge >= 0.3 is 0 Å². The number of hydrogen-bond acceptors (Lipinski definition) is 4. The van der Waals surface area contributed by atoms with Crippen molar-refractivity contribution in [1.29, 1.82) is 0 Å². The number of amides is 3. The van der Waals surface area contributed by atoms with Crippen LogP contribution in [0.1, 0.15) is 31.4 Å². The van der Waals surface area contributed by atoms with Crippen LogP contribution in [0.2, 0.25) is 0 Å². The minimum atomic E-state index is -0.450. The Kier molecular flexibility index (Phi) is 6.92. The number of piperidine rings is 1. The van der Waals surface area contributed by atoms with Crippen molar-refractivity contribution in [1.82, 2.24) is 0 Å². The summed E-state index contributed by atoms with van der Waals surface area (Å²) in [6.45, 7) is 1.44. The van der Waals surface area contributed by atoms with Crippen molar-refractivity contribution < 1.29 is 19.1 Å². The van der Waals surface area contributed by atoms with Gasteiger partial charge in [-0.15, -0.1) is 0 Å². The molecule has 0 aliphatic carbocycles. The molecule has 2 atom stereocenters. The fourth-order valence-corrected chi connectivity index (χ4v) is 4.32. The molecule has 34 heavy (non-hydrogen) atoms. The lowest BCUT2D eigenvalue weighted by Crippen LogP contribution is -2.46. The number of benzene rings is 3. The maximum atomic E-state index is 13.5. The first-order valence-electron chi connectivity index (χ1n) is 11.2. The molecular weight excluding hydrogens is 430 g/mol. The number of rotatable bonds is 6. The highest BCUT2D eigenvalue weighted by molar-refractivity contribution is 6.00. The minimum absolute atomic E-state index is 0.0253. The van der Waals surface area contributed by atoms with E-state index in [9.17, 15) is 14.4 Å². The molecule has 7 heteroatoms. The molecule has 1 saturated heterocycles. The van der Waals surface area contributed by atoms with Gasteiger partial charge in [-0.3, -0.25) is 14.4 Å². The predicted molar refractivity (Wildman–Crippen MR) is 132 cm³/mol. The Morgan fingerprint density at radius 1 is 0.882 bits per heavy atom. The lowest BCUT2D eigenvalue weighted by Gasteiger charge is -2.41. The molecule has 4 rings (SSSR count). The smallest absolute Gasteiger partial charge is 0.229 e. The molecule has 7 nitrogen and oxygen atoms in total. The fraction of sp³-hybridized carbons (Fsp3) is 0.222. The second-order valence-electron chi connectivity index (χ2n) is 8.21. The third-order valence-corrected chi connectivity index (χ3v) is 5.90. The molecule has 0 bridgehead atoms. The van der Waals surface area contributed by atoms with Gasteiger partial charge in [-0.1, -0.05) is 30.3 Å². The lowest BCUT2D eigenvalue weighted by molar-refractivity contribution is -0.126. The molecule has 1 aliphatic heterocycles. The van der Waals surface area contributed by atoms with Crippen molar-refractivity contribution >= 4 is 34.8 Å². The van der Waals surface area contributed by atoms with E-state index in [1.165, 1.54) is 6.92 Å². The van der Waals surface area contributed by atoms with Crippen LogP contribution in [0.4, 0.5) is 17.1 Å². The van der Waals surface area contributed by atoms with Crippen molar-refractivity contribution in [3.63, 3.8) is 0 Å². The van der Waals surface area contributed by atoms with E-state index >= 15 is 0 Å². The van der Waals surface area contributed by atoms with Crippen LogP contribution in [0.3, 0.4) is 0 Å². The number of carbonyl (C=O) groups excluding carboxylic acids is 3. The first-order chi connectivity index (χ1) is 16.5. The van der Waals surface area contributed by atoms with Crippen molar-refractivity contribution in [2.24, 2.45) is 5.92 Å². The van der Waals surface area contributed by atoms with Crippen molar-refractivity contribution in [3.05, 3.63) is 84.4 Å². The zero-order valence-corrected chi connectivity index (χ0v) is 19.2. The van der Waals surface area contributed by atoms with Gasteiger partial charge in [-0.2, -0.15) is 0 Å². The van der Waals surface area contributed by atoms with Crippen molar-refractivity contribution in [3.8, 4) is 5.75 Å². The maximum absolute atomic E-state index is 13.5. The average Bonchev–Trinajstić information content (AvgIpc) is 2.85. The standard InChI is InChI=1S/C27H27N3O4/c1-18(31)28-20-8-10-21(11-9-20)29-27(33)24-16-17-25(32)30(22-12-14-23(34-2)15-13-22)26(24)19-6-4-3-5-7-19/h3-15,24,26H,16-17H2,1-2H3,(H,28,31)(H,29,33)/t24-,26+/m0/s1. The van der Waals surface area contributed by atoms with E-state index < -0.39 is 12.0 Å². The number of ether oxygens (including phenoxy) is 1. The van der Waals surface area contributed by atoms with Crippen LogP contribution >= 0.6 is 0 Å². The third kappa shape index (κ3) is 5.09. The summed E-state index contributed by atoms with van der Waals surface area (Å²) < 4.78 is 5.26. The number of hydrogen-bond donors (Lipinski definition) is 2. The predicted octanol–water partition coefficient (Wildman–Crippen LogP) is 4.78. The molecule has 1 fully saturated rings. The van der Waals surface area contributed by atoms with Gasteiger partial charge in [0.05, 0.1) is 19.1 Å². The van der Waals surface area contributed by atoms with Gasteiger partial charge in [-0.25, -0.2) is 0 Å². The highest BCUT2D eigenvalue weighted by Crippen LogP contribution is 2.40. The number of nitrogens with zero attached hydrogens (tertiary/aromatic N) is 1. The first kappa shape index (κ1) is 23.0. The molecule has 174 valence electrons. The van der Waals surface area contributed by atoms with Gasteiger partial charge in [0.25, 0.3) is 0 Å². The fourth-order valence-electron chi connectivity index (χ4n) is 4.32. The maximum Gasteiger partial charge on any atom is 0.229 e. The van der Waals surface area contributed by atoms with E-state index in [-0.39, 0.29) is 24.1 Å². The van der Waals surface area contributed by atoms with E-state index in [1.807, 2.05) is 54.6 Å². The van der Waals surface area contributed by atoms with Gasteiger partial charge in [0.15, 0.2) is 0 Å². The molecule has 3 aromatic rings. The molecular formula is C27H27N3O4. The van der Waals surface area contributed by atoms with Crippen LogP contribution < -0.4 is 20.3 Å². The number of carbonyl (C=O) groups is 3. The van der Waals surface area contributed by atoms with E-state index in [2.05, 4.69) is 10.6 Å². The molecule has 3 amide bonds. The summed E-state index contributed by atoms with van der Waals surface area (Å²) in [4.78, 5) is 39.5. The van der Waals surface area contributed by atoms with Crippen LogP contribution in [0.15, 0.2) is 78.9 Å². The Bertz CT molecular complexity index is 1160. The molecule has 0 spiro atoms. The van der Waals surface area contributed by atoms with E-state index in [0.717, 1.165) is 11.3 Å². The Morgan fingerprint density at radius 2 is 1.50 bits per heavy atom. The second-order valence-corrected chi connectivity index (χ2v) is 8.21. The summed E-state index contributed by atoms with van der Waals surface area (Å²) in [5.41, 5.74) is 2.89. The Morgan fingerprint density at radius 3 is 2.09 bits per heavy atom. The zero-order valence-electron chi connectivity index (χ0n) is 19.2. The van der Waals surface area contributed by atoms with Crippen molar-refractivity contribution in [2.45, 2.75) is 25.8 Å². The number of methoxy groups -OCH3 is 1. The largest absolute Gasteiger partial charge is 0.497 e. The third-order valence-electron chi connectivity index (χ3n) is 5.90. The average molecular weight is 458 g/mol. The van der Waals surface area contributed by atoms with Gasteiger partial charge < -0.3 is 20.3 Å². The quantitative estimate of drug-likeness (QED) is 0.558. The van der Waals surface area contributed by atoms with E-state index in [1.54, 1.807) is 36.3 Å². The molecule has 1 heterocycles. The van der Waals surface area contributed by atoms with Crippen LogP contribution in [-0.2, 0) is 14.4 Å². The second kappa shape index (κ2) is 10.2. The molecule has 0 radical (unpaired) electrons. The summed E-state index contributed by atoms with van der Waals surface area (Å²) in [5, 5.41) is 5.70. The highest BCUT2D eigenvalue weighted by atomic mass is 16.5. The normalized spacial score (nSPS) is 17.7. The molecule has 0 unspecified atom stereocenters. The van der Waals surface area contributed by atoms with Crippen molar-refractivity contribution in [2.75, 3.05) is 22.6 Å². The summed E-state index contributed by atoms with van der Waals surface area (Å²) >= 11 is 0. The SMILES string of the molecule is COc1ccc(N2C(=O)CC[C@H](C(=O)Nc3ccc(NC(C)=O)cc3)[C@H]2c2ccccc2)cc1. The van der Waals surface area contributed by atoms with Gasteiger partial charge in [0.1, 0.15) is 5.75 Å². The lowest BCUT2D eigenvalue weighted by atomic mass is 9.83. The minimum Gasteiger partial charge on any atom is -0.497 e. The molecule has 2 N–H and O–H groups in total. The Balaban J connectivity index is 1.64. The van der Waals surface area contributed by atoms with Crippen LogP contribution in [0, 0.1) is 5.92 Å². The zero-order chi connectivity index (χ0) is 24.1. The number of anilines is 3. The number of nitrogens with one attached hydrogen (secondary N) is 2. The summed E-state index contributed by atoms with van der Waals surface area (Å²) in [6, 6.07) is 23.5. The summed E-state index contributed by atoms with van der Waals surface area (Å²) in [7, 11) is 1.59. The highest BCUT2D eigenvalue weighted by Gasteiger charge is 2.41. The van der Waals surface area contributed by atoms with Gasteiger partial charge in [0, 0.05) is 30.4 Å².